The largest absolute Gasteiger partial charge is 0.392 e. The second-order valence-corrected chi connectivity index (χ2v) is 5.49. The van der Waals surface area contributed by atoms with Gasteiger partial charge in [0.15, 0.2) is 5.96 Å². The predicted molar refractivity (Wildman–Crippen MR) is 92.1 cm³/mol. The Morgan fingerprint density at radius 1 is 1.05 bits per heavy atom. The maximum atomic E-state index is 9.01. The van der Waals surface area contributed by atoms with E-state index in [9.17, 15) is 0 Å². The van der Waals surface area contributed by atoms with Crippen molar-refractivity contribution in [1.82, 2.24) is 0 Å². The lowest BCUT2D eigenvalue weighted by Crippen LogP contribution is -2.23. The second kappa shape index (κ2) is 7.61. The van der Waals surface area contributed by atoms with Crippen LogP contribution in [-0.2, 0) is 13.0 Å². The molecule has 2 aromatic rings. The average molecular weight is 297 g/mol. The molecule has 0 fully saturated rings. The highest BCUT2D eigenvalue weighted by molar-refractivity contribution is 5.92. The van der Waals surface area contributed by atoms with Gasteiger partial charge in [-0.05, 0) is 54.7 Å². The number of rotatable bonds is 5. The standard InChI is InChI=1S/C18H23N3O/c1-13-9-14(2)11-17(10-13)21-18(19)20-8-7-15-3-5-16(12-22)6-4-15/h3-6,9-11,22H,7-8,12H2,1-2H3,(H3,19,20,21). The summed E-state index contributed by atoms with van der Waals surface area (Å²) in [6.45, 7) is 4.82. The quantitative estimate of drug-likeness (QED) is 0.587. The first-order valence-electron chi connectivity index (χ1n) is 7.41. The first-order chi connectivity index (χ1) is 10.6. The van der Waals surface area contributed by atoms with Crippen LogP contribution in [0.1, 0.15) is 22.3 Å². The van der Waals surface area contributed by atoms with E-state index in [0.29, 0.717) is 12.5 Å². The number of aryl methyl sites for hydroxylation is 2. The number of benzene rings is 2. The number of nitrogens with one attached hydrogen (secondary N) is 1. The zero-order valence-corrected chi connectivity index (χ0v) is 13.1. The molecule has 116 valence electrons. The molecular weight excluding hydrogens is 274 g/mol. The number of hydrogen-bond acceptors (Lipinski definition) is 2. The third kappa shape index (κ3) is 4.90. The number of guanidine groups is 1. The summed E-state index contributed by atoms with van der Waals surface area (Å²) in [4.78, 5) is 4.35. The van der Waals surface area contributed by atoms with E-state index in [4.69, 9.17) is 10.8 Å². The van der Waals surface area contributed by atoms with Crippen LogP contribution in [0, 0.1) is 13.8 Å². The number of nitrogens with two attached hydrogens (primary N) is 1. The minimum Gasteiger partial charge on any atom is -0.392 e. The first-order valence-corrected chi connectivity index (χ1v) is 7.41. The molecule has 0 aliphatic carbocycles. The molecule has 22 heavy (non-hydrogen) atoms. The van der Waals surface area contributed by atoms with Crippen molar-refractivity contribution in [2.75, 3.05) is 11.9 Å². The van der Waals surface area contributed by atoms with E-state index in [1.807, 2.05) is 36.4 Å². The van der Waals surface area contributed by atoms with Gasteiger partial charge in [-0.1, -0.05) is 30.3 Å². The Kier molecular flexibility index (Phi) is 5.55. The second-order valence-electron chi connectivity index (χ2n) is 5.49. The summed E-state index contributed by atoms with van der Waals surface area (Å²) < 4.78 is 0. The first kappa shape index (κ1) is 16.0. The van der Waals surface area contributed by atoms with Crippen LogP contribution in [0.5, 0.6) is 0 Å². The summed E-state index contributed by atoms with van der Waals surface area (Å²) in [6, 6.07) is 14.1. The van der Waals surface area contributed by atoms with Gasteiger partial charge < -0.3 is 16.2 Å². The fourth-order valence-corrected chi connectivity index (χ4v) is 2.35. The lowest BCUT2D eigenvalue weighted by molar-refractivity contribution is 0.282. The summed E-state index contributed by atoms with van der Waals surface area (Å²) in [5.74, 6) is 0.428. The molecule has 0 saturated carbocycles. The van der Waals surface area contributed by atoms with E-state index in [0.717, 1.165) is 17.7 Å². The Balaban J connectivity index is 1.89. The van der Waals surface area contributed by atoms with Crippen molar-refractivity contribution in [3.8, 4) is 0 Å². The summed E-state index contributed by atoms with van der Waals surface area (Å²) in [5, 5.41) is 12.1. The monoisotopic (exact) mass is 297 g/mol. The van der Waals surface area contributed by atoms with Gasteiger partial charge in [0.2, 0.25) is 0 Å². The van der Waals surface area contributed by atoms with Gasteiger partial charge in [-0.2, -0.15) is 0 Å². The minimum absolute atomic E-state index is 0.0746. The highest BCUT2D eigenvalue weighted by Gasteiger charge is 1.98. The maximum absolute atomic E-state index is 9.01. The van der Waals surface area contributed by atoms with Crippen molar-refractivity contribution in [2.45, 2.75) is 26.9 Å². The molecule has 4 nitrogen and oxygen atoms in total. The molecular formula is C18H23N3O. The van der Waals surface area contributed by atoms with Gasteiger partial charge in [0.1, 0.15) is 0 Å². The molecule has 0 aromatic heterocycles. The fraction of sp³-hybridized carbons (Fsp3) is 0.278. The Morgan fingerprint density at radius 3 is 2.23 bits per heavy atom. The number of nitrogens with zero attached hydrogens (tertiary/aromatic N) is 1. The van der Waals surface area contributed by atoms with E-state index < -0.39 is 0 Å². The number of hydrogen-bond donors (Lipinski definition) is 3. The normalized spacial score (nSPS) is 11.5. The molecule has 0 unspecified atom stereocenters. The summed E-state index contributed by atoms with van der Waals surface area (Å²) in [6.07, 6.45) is 0.820. The van der Waals surface area contributed by atoms with E-state index >= 15 is 0 Å². The lowest BCUT2D eigenvalue weighted by atomic mass is 10.1. The third-order valence-corrected chi connectivity index (χ3v) is 3.38. The number of aliphatic hydroxyl groups excluding tert-OH is 1. The molecule has 0 heterocycles. The minimum atomic E-state index is 0.0746. The number of anilines is 1. The van der Waals surface area contributed by atoms with Gasteiger partial charge >= 0.3 is 0 Å². The summed E-state index contributed by atoms with van der Waals surface area (Å²) in [5.41, 5.74) is 11.4. The van der Waals surface area contributed by atoms with Gasteiger partial charge in [0, 0.05) is 12.2 Å². The number of aliphatic hydroxyl groups is 1. The zero-order valence-electron chi connectivity index (χ0n) is 13.1. The van der Waals surface area contributed by atoms with Crippen LogP contribution < -0.4 is 11.1 Å². The van der Waals surface area contributed by atoms with Crippen LogP contribution in [0.15, 0.2) is 47.5 Å². The van der Waals surface area contributed by atoms with Crippen molar-refractivity contribution >= 4 is 11.6 Å². The SMILES string of the molecule is Cc1cc(C)cc(NC(N)=NCCc2ccc(CO)cc2)c1. The molecule has 0 saturated heterocycles. The molecule has 0 amide bonds. The van der Waals surface area contributed by atoms with Crippen LogP contribution in [0.2, 0.25) is 0 Å². The topological polar surface area (TPSA) is 70.6 Å². The highest BCUT2D eigenvalue weighted by atomic mass is 16.3. The summed E-state index contributed by atoms with van der Waals surface area (Å²) >= 11 is 0. The number of aliphatic imine (C=N–C) groups is 1. The Hall–Kier alpha value is -2.33. The van der Waals surface area contributed by atoms with Crippen LogP contribution in [0.4, 0.5) is 5.69 Å². The Morgan fingerprint density at radius 2 is 1.64 bits per heavy atom. The summed E-state index contributed by atoms with van der Waals surface area (Å²) in [7, 11) is 0. The van der Waals surface area contributed by atoms with Gasteiger partial charge in [-0.3, -0.25) is 4.99 Å². The van der Waals surface area contributed by atoms with Crippen LogP contribution in [0.25, 0.3) is 0 Å². The molecule has 0 radical (unpaired) electrons. The predicted octanol–water partition coefficient (Wildman–Crippen LogP) is 2.77. The highest BCUT2D eigenvalue weighted by Crippen LogP contribution is 2.13. The maximum Gasteiger partial charge on any atom is 0.193 e. The van der Waals surface area contributed by atoms with E-state index in [2.05, 4.69) is 30.2 Å². The van der Waals surface area contributed by atoms with Crippen molar-refractivity contribution in [3.05, 3.63) is 64.7 Å². The van der Waals surface area contributed by atoms with E-state index in [1.54, 1.807) is 0 Å². The lowest BCUT2D eigenvalue weighted by Gasteiger charge is -2.08. The van der Waals surface area contributed by atoms with Crippen molar-refractivity contribution in [3.63, 3.8) is 0 Å². The Bertz CT molecular complexity index is 628. The fourth-order valence-electron chi connectivity index (χ4n) is 2.35. The molecule has 0 spiro atoms. The molecule has 0 bridgehead atoms. The van der Waals surface area contributed by atoms with Crippen LogP contribution in [-0.4, -0.2) is 17.6 Å². The van der Waals surface area contributed by atoms with E-state index in [1.165, 1.54) is 16.7 Å². The van der Waals surface area contributed by atoms with Crippen molar-refractivity contribution in [1.29, 1.82) is 0 Å². The molecule has 2 rings (SSSR count). The van der Waals surface area contributed by atoms with Crippen molar-refractivity contribution in [2.24, 2.45) is 10.7 Å². The molecule has 0 aliphatic rings. The smallest absolute Gasteiger partial charge is 0.193 e. The Labute approximate surface area is 131 Å². The van der Waals surface area contributed by atoms with Gasteiger partial charge in [-0.15, -0.1) is 0 Å². The van der Waals surface area contributed by atoms with E-state index in [-0.39, 0.29) is 6.61 Å². The molecule has 0 aliphatic heterocycles. The van der Waals surface area contributed by atoms with Gasteiger partial charge in [0.25, 0.3) is 0 Å². The third-order valence-electron chi connectivity index (χ3n) is 3.38. The van der Waals surface area contributed by atoms with Gasteiger partial charge in [0.05, 0.1) is 6.61 Å². The molecule has 0 atom stereocenters. The molecule has 2 aromatic carbocycles. The van der Waals surface area contributed by atoms with Crippen LogP contribution >= 0.6 is 0 Å². The molecule has 4 heteroatoms. The van der Waals surface area contributed by atoms with Crippen LogP contribution in [0.3, 0.4) is 0 Å². The average Bonchev–Trinajstić information content (AvgIpc) is 2.47. The zero-order chi connectivity index (χ0) is 15.9. The molecule has 4 N–H and O–H groups in total. The van der Waals surface area contributed by atoms with Crippen molar-refractivity contribution < 1.29 is 5.11 Å². The van der Waals surface area contributed by atoms with Gasteiger partial charge in [-0.25, -0.2) is 0 Å².